The first-order chi connectivity index (χ1) is 18.3. The number of nitrogens with zero attached hydrogens (tertiary/aromatic N) is 3. The van der Waals surface area contributed by atoms with Gasteiger partial charge in [0.15, 0.2) is 17.5 Å². The van der Waals surface area contributed by atoms with Crippen molar-refractivity contribution in [1.82, 2.24) is 15.0 Å². The number of hydrogen-bond donors (Lipinski definition) is 0. The number of rotatable bonds is 4. The predicted octanol–water partition coefficient (Wildman–Crippen LogP) is 8.89. The molecule has 0 radical (unpaired) electrons. The average Bonchev–Trinajstić information content (AvgIpc) is 2.96. The Morgan fingerprint density at radius 2 is 0.816 bits per heavy atom. The van der Waals surface area contributed by atoms with Gasteiger partial charge in [0.05, 0.1) is 0 Å². The summed E-state index contributed by atoms with van der Waals surface area (Å²) in [5.41, 5.74) is 8.77. The van der Waals surface area contributed by atoms with Crippen LogP contribution in [0.4, 0.5) is 0 Å². The van der Waals surface area contributed by atoms with Gasteiger partial charge >= 0.3 is 0 Å². The zero-order chi connectivity index (χ0) is 26.3. The molecule has 1 aliphatic carbocycles. The Kier molecular flexibility index (Phi) is 5.95. The van der Waals surface area contributed by atoms with E-state index in [9.17, 15) is 0 Å². The lowest BCUT2D eigenvalue weighted by molar-refractivity contribution is 0.332. The Morgan fingerprint density at radius 3 is 1.32 bits per heavy atom. The third-order valence-corrected chi connectivity index (χ3v) is 8.03. The summed E-state index contributed by atoms with van der Waals surface area (Å²) in [5, 5.41) is 0. The zero-order valence-corrected chi connectivity index (χ0v) is 22.6. The molecular weight excluding hydrogens is 462 g/mol. The molecule has 0 amide bonds. The van der Waals surface area contributed by atoms with Crippen LogP contribution in [0.5, 0.6) is 0 Å². The van der Waals surface area contributed by atoms with Crippen LogP contribution in [-0.2, 0) is 10.8 Å². The molecule has 6 rings (SSSR count). The number of hydrogen-bond acceptors (Lipinski definition) is 3. The van der Waals surface area contributed by atoms with Crippen LogP contribution in [-0.4, -0.2) is 15.0 Å². The van der Waals surface area contributed by atoms with Gasteiger partial charge in [-0.1, -0.05) is 131 Å². The van der Waals surface area contributed by atoms with Gasteiger partial charge in [-0.05, 0) is 45.9 Å². The van der Waals surface area contributed by atoms with Crippen molar-refractivity contribution in [3.05, 3.63) is 114 Å². The summed E-state index contributed by atoms with van der Waals surface area (Å²) in [5.74, 6) is 2.04. The molecule has 38 heavy (non-hydrogen) atoms. The quantitative estimate of drug-likeness (QED) is 0.250. The van der Waals surface area contributed by atoms with Crippen LogP contribution in [0.2, 0.25) is 0 Å². The highest BCUT2D eigenvalue weighted by atomic mass is 15.0. The summed E-state index contributed by atoms with van der Waals surface area (Å²) in [6.45, 7) is 9.50. The Balaban J connectivity index is 1.40. The second kappa shape index (κ2) is 9.33. The normalized spacial score (nSPS) is 15.6. The minimum atomic E-state index is 0.188. The molecule has 1 heterocycles. The fourth-order valence-electron chi connectivity index (χ4n) is 5.52. The van der Waals surface area contributed by atoms with Crippen molar-refractivity contribution in [1.29, 1.82) is 0 Å². The van der Waals surface area contributed by atoms with Crippen LogP contribution in [0, 0.1) is 0 Å². The summed E-state index contributed by atoms with van der Waals surface area (Å²) < 4.78 is 0. The standard InChI is InChI=1S/C35H33N3/c1-34(2)21-22-35(3,4)30-23-28(19-20-29(30)34)24-15-17-27(18-16-24)33-37-31(25-11-7-5-8-12-25)36-32(38-33)26-13-9-6-10-14-26/h5-20,23H,21-22H2,1-4H3. The number of fused-ring (bicyclic) bond motifs is 1. The topological polar surface area (TPSA) is 38.7 Å². The molecule has 1 aliphatic rings. The Morgan fingerprint density at radius 1 is 0.421 bits per heavy atom. The van der Waals surface area contributed by atoms with E-state index in [-0.39, 0.29) is 10.8 Å². The average molecular weight is 496 g/mol. The summed E-state index contributed by atoms with van der Waals surface area (Å²) in [6.07, 6.45) is 2.44. The van der Waals surface area contributed by atoms with Crippen molar-refractivity contribution in [2.75, 3.05) is 0 Å². The van der Waals surface area contributed by atoms with E-state index < -0.39 is 0 Å². The highest BCUT2D eigenvalue weighted by Crippen LogP contribution is 2.46. The van der Waals surface area contributed by atoms with Crippen LogP contribution in [0.15, 0.2) is 103 Å². The van der Waals surface area contributed by atoms with E-state index in [0.717, 1.165) is 16.7 Å². The molecule has 0 bridgehead atoms. The van der Waals surface area contributed by atoms with E-state index >= 15 is 0 Å². The smallest absolute Gasteiger partial charge is 0.164 e. The first-order valence-electron chi connectivity index (χ1n) is 13.4. The fourth-order valence-corrected chi connectivity index (χ4v) is 5.52. The van der Waals surface area contributed by atoms with Crippen molar-refractivity contribution in [2.24, 2.45) is 0 Å². The first kappa shape index (κ1) is 24.2. The molecule has 4 aromatic carbocycles. The van der Waals surface area contributed by atoms with Crippen LogP contribution < -0.4 is 0 Å². The number of benzene rings is 4. The summed E-state index contributed by atoms with van der Waals surface area (Å²) in [4.78, 5) is 14.6. The third-order valence-electron chi connectivity index (χ3n) is 8.03. The van der Waals surface area contributed by atoms with E-state index in [1.165, 1.54) is 35.1 Å². The molecule has 0 atom stereocenters. The Labute approximate surface area is 225 Å². The van der Waals surface area contributed by atoms with Gasteiger partial charge in [0.1, 0.15) is 0 Å². The second-order valence-corrected chi connectivity index (χ2v) is 11.6. The summed E-state index contributed by atoms with van der Waals surface area (Å²) in [6, 6.07) is 35.9. The van der Waals surface area contributed by atoms with E-state index in [4.69, 9.17) is 15.0 Å². The summed E-state index contributed by atoms with van der Waals surface area (Å²) in [7, 11) is 0. The first-order valence-corrected chi connectivity index (χ1v) is 13.4. The largest absolute Gasteiger partial charge is 0.208 e. The molecule has 0 spiro atoms. The monoisotopic (exact) mass is 495 g/mol. The highest BCUT2D eigenvalue weighted by molar-refractivity contribution is 5.71. The minimum absolute atomic E-state index is 0.188. The molecule has 3 heteroatoms. The second-order valence-electron chi connectivity index (χ2n) is 11.6. The molecule has 0 saturated heterocycles. The lowest BCUT2D eigenvalue weighted by atomic mass is 9.63. The van der Waals surface area contributed by atoms with Crippen molar-refractivity contribution in [3.63, 3.8) is 0 Å². The SMILES string of the molecule is CC1(C)CCC(C)(C)c2cc(-c3ccc(-c4nc(-c5ccccc5)nc(-c5ccccc5)n4)cc3)ccc21. The van der Waals surface area contributed by atoms with Crippen LogP contribution in [0.25, 0.3) is 45.3 Å². The molecule has 0 saturated carbocycles. The third kappa shape index (κ3) is 4.54. The van der Waals surface area contributed by atoms with E-state index in [2.05, 4.69) is 70.2 Å². The predicted molar refractivity (Wildman–Crippen MR) is 157 cm³/mol. The zero-order valence-electron chi connectivity index (χ0n) is 22.6. The van der Waals surface area contributed by atoms with Gasteiger partial charge in [0, 0.05) is 16.7 Å². The maximum absolute atomic E-state index is 4.87. The minimum Gasteiger partial charge on any atom is -0.208 e. The summed E-state index contributed by atoms with van der Waals surface area (Å²) >= 11 is 0. The van der Waals surface area contributed by atoms with Crippen LogP contribution in [0.3, 0.4) is 0 Å². The van der Waals surface area contributed by atoms with Crippen LogP contribution in [0.1, 0.15) is 51.7 Å². The molecule has 3 nitrogen and oxygen atoms in total. The van der Waals surface area contributed by atoms with Gasteiger partial charge in [-0.15, -0.1) is 0 Å². The van der Waals surface area contributed by atoms with Gasteiger partial charge in [-0.2, -0.15) is 0 Å². The van der Waals surface area contributed by atoms with E-state index in [1.54, 1.807) is 0 Å². The van der Waals surface area contributed by atoms with Gasteiger partial charge in [-0.3, -0.25) is 0 Å². The van der Waals surface area contributed by atoms with E-state index in [1.807, 2.05) is 60.7 Å². The van der Waals surface area contributed by atoms with Crippen molar-refractivity contribution >= 4 is 0 Å². The lowest BCUT2D eigenvalue weighted by Gasteiger charge is -2.42. The Bertz CT molecular complexity index is 1530. The van der Waals surface area contributed by atoms with Crippen LogP contribution >= 0.6 is 0 Å². The van der Waals surface area contributed by atoms with Crippen molar-refractivity contribution < 1.29 is 0 Å². The molecule has 0 fully saturated rings. The van der Waals surface area contributed by atoms with Gasteiger partial charge in [-0.25, -0.2) is 15.0 Å². The molecule has 0 aliphatic heterocycles. The molecule has 0 N–H and O–H groups in total. The molecule has 0 unspecified atom stereocenters. The fraction of sp³-hybridized carbons (Fsp3) is 0.229. The number of aromatic nitrogens is 3. The van der Waals surface area contributed by atoms with Gasteiger partial charge in [0.25, 0.3) is 0 Å². The maximum Gasteiger partial charge on any atom is 0.164 e. The highest BCUT2D eigenvalue weighted by Gasteiger charge is 2.36. The van der Waals surface area contributed by atoms with Gasteiger partial charge in [0.2, 0.25) is 0 Å². The van der Waals surface area contributed by atoms with Crippen molar-refractivity contribution in [3.8, 4) is 45.3 Å². The molecule has 5 aromatic rings. The Hall–Kier alpha value is -4.11. The van der Waals surface area contributed by atoms with Crippen molar-refractivity contribution in [2.45, 2.75) is 51.4 Å². The van der Waals surface area contributed by atoms with Gasteiger partial charge < -0.3 is 0 Å². The van der Waals surface area contributed by atoms with E-state index in [0.29, 0.717) is 17.5 Å². The molecular formula is C35H33N3. The molecule has 188 valence electrons. The molecule has 1 aromatic heterocycles. The lowest BCUT2D eigenvalue weighted by Crippen LogP contribution is -2.33. The maximum atomic E-state index is 4.87.